The van der Waals surface area contributed by atoms with Crippen molar-refractivity contribution in [1.29, 1.82) is 0 Å². The molecule has 2 N–H and O–H groups in total. The third-order valence-electron chi connectivity index (χ3n) is 5.77. The van der Waals surface area contributed by atoms with E-state index >= 15 is 0 Å². The van der Waals surface area contributed by atoms with Gasteiger partial charge in [0.1, 0.15) is 6.04 Å². The number of hydrogen-bond acceptors (Lipinski definition) is 5. The maximum absolute atomic E-state index is 13.1. The van der Waals surface area contributed by atoms with Crippen molar-refractivity contribution in [2.75, 3.05) is 11.4 Å². The molecule has 1 aromatic heterocycles. The number of carbonyl (C=O) groups is 2. The highest BCUT2D eigenvalue weighted by molar-refractivity contribution is 7.89. The SMILES string of the molecule is CC(=O)N1c2ccc(S(=O)(=O)N[C@H](C(=O)NCCc3sccc3C)C(C)C)cc2C[C@H]1C. The van der Waals surface area contributed by atoms with Crippen molar-refractivity contribution in [1.82, 2.24) is 10.0 Å². The number of hydrogen-bond donors (Lipinski definition) is 2. The van der Waals surface area contributed by atoms with Gasteiger partial charge in [-0.05, 0) is 73.4 Å². The summed E-state index contributed by atoms with van der Waals surface area (Å²) in [6, 6.07) is 5.90. The van der Waals surface area contributed by atoms with Crippen LogP contribution < -0.4 is 14.9 Å². The molecule has 2 atom stereocenters. The molecule has 0 bridgehead atoms. The molecule has 2 aromatic rings. The second-order valence-corrected chi connectivity index (χ2v) is 11.4. The summed E-state index contributed by atoms with van der Waals surface area (Å²) >= 11 is 1.65. The van der Waals surface area contributed by atoms with Crippen LogP contribution in [0.5, 0.6) is 0 Å². The summed E-state index contributed by atoms with van der Waals surface area (Å²) in [5, 5.41) is 4.88. The number of anilines is 1. The molecule has 2 heterocycles. The summed E-state index contributed by atoms with van der Waals surface area (Å²) in [7, 11) is -3.91. The predicted molar refractivity (Wildman–Crippen MR) is 127 cm³/mol. The molecule has 9 heteroatoms. The Morgan fingerprint density at radius 2 is 1.97 bits per heavy atom. The molecule has 2 amide bonds. The molecular weight excluding hydrogens is 446 g/mol. The van der Waals surface area contributed by atoms with Gasteiger partial charge in [-0.25, -0.2) is 8.42 Å². The van der Waals surface area contributed by atoms with Crippen LogP contribution >= 0.6 is 11.3 Å². The lowest BCUT2D eigenvalue weighted by Crippen LogP contribution is -2.49. The van der Waals surface area contributed by atoms with Gasteiger partial charge in [-0.15, -0.1) is 11.3 Å². The molecule has 174 valence electrons. The lowest BCUT2D eigenvalue weighted by molar-refractivity contribution is -0.123. The van der Waals surface area contributed by atoms with Gasteiger partial charge in [-0.1, -0.05) is 13.8 Å². The predicted octanol–water partition coefficient (Wildman–Crippen LogP) is 3.02. The minimum Gasteiger partial charge on any atom is -0.354 e. The van der Waals surface area contributed by atoms with Gasteiger partial charge in [0, 0.05) is 30.1 Å². The molecule has 1 aromatic carbocycles. The van der Waals surface area contributed by atoms with Gasteiger partial charge in [0.2, 0.25) is 21.8 Å². The fourth-order valence-corrected chi connectivity index (χ4v) is 6.36. The first-order chi connectivity index (χ1) is 15.0. The molecule has 3 rings (SSSR count). The minimum absolute atomic E-state index is 0.0189. The Hall–Kier alpha value is -2.23. The Balaban J connectivity index is 1.71. The van der Waals surface area contributed by atoms with Crippen LogP contribution in [-0.2, 0) is 32.5 Å². The molecule has 32 heavy (non-hydrogen) atoms. The molecule has 7 nitrogen and oxygen atoms in total. The molecule has 0 saturated carbocycles. The largest absolute Gasteiger partial charge is 0.354 e. The van der Waals surface area contributed by atoms with Crippen LogP contribution in [0.25, 0.3) is 0 Å². The van der Waals surface area contributed by atoms with E-state index in [0.717, 1.165) is 11.3 Å². The molecule has 1 aliphatic rings. The number of carbonyl (C=O) groups excluding carboxylic acids is 2. The monoisotopic (exact) mass is 477 g/mol. The number of nitrogens with one attached hydrogen (secondary N) is 2. The van der Waals surface area contributed by atoms with E-state index in [1.54, 1.807) is 28.4 Å². The summed E-state index contributed by atoms with van der Waals surface area (Å²) < 4.78 is 28.7. The van der Waals surface area contributed by atoms with Crippen molar-refractivity contribution >= 4 is 38.9 Å². The highest BCUT2D eigenvalue weighted by atomic mass is 32.2. The van der Waals surface area contributed by atoms with Crippen LogP contribution in [-0.4, -0.2) is 38.9 Å². The fraction of sp³-hybridized carbons (Fsp3) is 0.478. The molecule has 0 unspecified atom stereocenters. The molecule has 1 aliphatic heterocycles. The molecule has 0 radical (unpaired) electrons. The van der Waals surface area contributed by atoms with E-state index in [-0.39, 0.29) is 28.7 Å². The van der Waals surface area contributed by atoms with Crippen LogP contribution in [0.1, 0.15) is 43.7 Å². The molecule has 0 saturated heterocycles. The second-order valence-electron chi connectivity index (χ2n) is 8.64. The lowest BCUT2D eigenvalue weighted by Gasteiger charge is -2.22. The van der Waals surface area contributed by atoms with E-state index in [0.29, 0.717) is 19.4 Å². The summed E-state index contributed by atoms with van der Waals surface area (Å²) in [5.41, 5.74) is 2.75. The summed E-state index contributed by atoms with van der Waals surface area (Å²) in [6.07, 6.45) is 1.30. The normalized spacial score (nSPS) is 16.8. The van der Waals surface area contributed by atoms with Crippen molar-refractivity contribution in [2.24, 2.45) is 5.92 Å². The average Bonchev–Trinajstić information content (AvgIpc) is 3.26. The Morgan fingerprint density at radius 1 is 1.25 bits per heavy atom. The van der Waals surface area contributed by atoms with Crippen molar-refractivity contribution < 1.29 is 18.0 Å². The maximum atomic E-state index is 13.1. The Morgan fingerprint density at radius 3 is 2.56 bits per heavy atom. The van der Waals surface area contributed by atoms with Gasteiger partial charge in [0.05, 0.1) is 4.90 Å². The van der Waals surface area contributed by atoms with Crippen molar-refractivity contribution in [2.45, 2.75) is 64.4 Å². The Bertz CT molecular complexity index is 1110. The summed E-state index contributed by atoms with van der Waals surface area (Å²) in [5.74, 6) is -0.634. The molecule has 0 aliphatic carbocycles. The van der Waals surface area contributed by atoms with Gasteiger partial charge < -0.3 is 10.2 Å². The van der Waals surface area contributed by atoms with E-state index in [2.05, 4.69) is 10.0 Å². The highest BCUT2D eigenvalue weighted by Crippen LogP contribution is 2.34. The number of fused-ring (bicyclic) bond motifs is 1. The number of aryl methyl sites for hydroxylation is 1. The van der Waals surface area contributed by atoms with Crippen LogP contribution in [0.3, 0.4) is 0 Å². The third kappa shape index (κ3) is 5.22. The number of nitrogens with zero attached hydrogens (tertiary/aromatic N) is 1. The van der Waals surface area contributed by atoms with Gasteiger partial charge in [-0.3, -0.25) is 9.59 Å². The molecule has 0 fully saturated rings. The van der Waals surface area contributed by atoms with Crippen molar-refractivity contribution in [3.8, 4) is 0 Å². The standard InChI is InChI=1S/C23H31N3O4S2/c1-14(2)22(23(28)24-10-8-21-15(3)9-11-31-21)25-32(29,30)19-6-7-20-18(13-19)12-16(4)26(20)17(5)27/h6-7,9,11,13-14,16,22,25H,8,10,12H2,1-5H3,(H,24,28)/t16-,22+/m1/s1. The van der Waals surface area contributed by atoms with E-state index in [1.165, 1.54) is 23.4 Å². The topological polar surface area (TPSA) is 95.6 Å². The van der Waals surface area contributed by atoms with Gasteiger partial charge in [0.25, 0.3) is 0 Å². The zero-order valence-corrected chi connectivity index (χ0v) is 20.8. The number of thiophene rings is 1. The zero-order valence-electron chi connectivity index (χ0n) is 19.1. The third-order valence-corrected chi connectivity index (χ3v) is 8.29. The van der Waals surface area contributed by atoms with Gasteiger partial charge in [0.15, 0.2) is 0 Å². The summed E-state index contributed by atoms with van der Waals surface area (Å²) in [6.45, 7) is 9.54. The second kappa shape index (κ2) is 9.72. The maximum Gasteiger partial charge on any atom is 0.241 e. The highest BCUT2D eigenvalue weighted by Gasteiger charge is 2.32. The van der Waals surface area contributed by atoms with Crippen LogP contribution in [0.2, 0.25) is 0 Å². The lowest BCUT2D eigenvalue weighted by atomic mass is 10.1. The number of rotatable bonds is 8. The van der Waals surface area contributed by atoms with Gasteiger partial charge >= 0.3 is 0 Å². The fourth-order valence-electron chi connectivity index (χ4n) is 4.05. The van der Waals surface area contributed by atoms with E-state index in [1.807, 2.05) is 39.1 Å². The summed E-state index contributed by atoms with van der Waals surface area (Å²) in [4.78, 5) is 27.7. The van der Waals surface area contributed by atoms with E-state index in [4.69, 9.17) is 0 Å². The van der Waals surface area contributed by atoms with E-state index in [9.17, 15) is 18.0 Å². The van der Waals surface area contributed by atoms with Crippen molar-refractivity contribution in [3.05, 3.63) is 45.6 Å². The van der Waals surface area contributed by atoms with Crippen LogP contribution in [0.4, 0.5) is 5.69 Å². The zero-order chi connectivity index (χ0) is 23.6. The van der Waals surface area contributed by atoms with E-state index < -0.39 is 16.1 Å². The van der Waals surface area contributed by atoms with Crippen LogP contribution in [0, 0.1) is 12.8 Å². The first-order valence-corrected chi connectivity index (χ1v) is 13.1. The smallest absolute Gasteiger partial charge is 0.241 e. The van der Waals surface area contributed by atoms with Crippen LogP contribution in [0.15, 0.2) is 34.5 Å². The molecular formula is C23H31N3O4S2. The molecule has 0 spiro atoms. The van der Waals surface area contributed by atoms with Gasteiger partial charge in [-0.2, -0.15) is 4.72 Å². The number of benzene rings is 1. The van der Waals surface area contributed by atoms with Crippen molar-refractivity contribution in [3.63, 3.8) is 0 Å². The minimum atomic E-state index is -3.91. The first-order valence-electron chi connectivity index (χ1n) is 10.8. The number of amides is 2. The Kier molecular flexibility index (Phi) is 7.42. The quantitative estimate of drug-likeness (QED) is 0.611. The number of sulfonamides is 1. The first kappa shape index (κ1) is 24.4. The Labute approximate surface area is 194 Å². The average molecular weight is 478 g/mol.